The summed E-state index contributed by atoms with van der Waals surface area (Å²) in [5, 5.41) is 0.971. The molecule has 0 heterocycles. The molecule has 2 aliphatic carbocycles. The normalized spacial score (nSPS) is 18.4. The van der Waals surface area contributed by atoms with Gasteiger partial charge in [-0.15, -0.1) is 0 Å². The molecule has 4 nitrogen and oxygen atoms in total. The van der Waals surface area contributed by atoms with E-state index in [2.05, 4.69) is 0 Å². The van der Waals surface area contributed by atoms with Crippen molar-refractivity contribution in [1.29, 1.82) is 0 Å². The number of hydrogen-bond donors (Lipinski definition) is 0. The van der Waals surface area contributed by atoms with E-state index in [9.17, 15) is 30.4 Å². The van der Waals surface area contributed by atoms with Crippen LogP contribution in [-0.2, 0) is 32.9 Å². The Kier molecular flexibility index (Phi) is 6.43. The van der Waals surface area contributed by atoms with Crippen molar-refractivity contribution >= 4 is 33.2 Å². The molecule has 0 saturated carbocycles. The van der Waals surface area contributed by atoms with Crippen molar-refractivity contribution in [2.24, 2.45) is 0 Å². The Morgan fingerprint density at radius 3 is 1.71 bits per heavy atom. The molecule has 0 fully saturated rings. The standard InChI is InChI=1S/C30H22F5O4PS/c31-21-7-11-23(12-8-21)40(36,24-13-9-22(32)10-14-24)26-6-2-4-20-16-18-29(28(20)26)17-15-19-3-1-5-25(27(19)29)39-41(37,38)30(33,34)35/h1-14H,15-18H2/t29-/m1/s1. The van der Waals surface area contributed by atoms with Gasteiger partial charge in [-0.05, 0) is 97.0 Å². The van der Waals surface area contributed by atoms with E-state index in [4.69, 9.17) is 4.18 Å². The van der Waals surface area contributed by atoms with E-state index >= 15 is 4.57 Å². The van der Waals surface area contributed by atoms with Crippen LogP contribution >= 0.6 is 7.14 Å². The van der Waals surface area contributed by atoms with E-state index in [1.54, 1.807) is 18.2 Å². The van der Waals surface area contributed by atoms with Crippen molar-refractivity contribution in [3.05, 3.63) is 119 Å². The van der Waals surface area contributed by atoms with Gasteiger partial charge in [0.05, 0.1) is 0 Å². The minimum absolute atomic E-state index is 0.295. The van der Waals surface area contributed by atoms with Crippen LogP contribution in [0, 0.1) is 11.6 Å². The lowest BCUT2D eigenvalue weighted by Gasteiger charge is -2.33. The summed E-state index contributed by atoms with van der Waals surface area (Å²) in [6.45, 7) is 0. The molecule has 0 radical (unpaired) electrons. The Bertz CT molecular complexity index is 1770. The third-order valence-electron chi connectivity index (χ3n) is 8.04. The first kappa shape index (κ1) is 27.7. The molecule has 0 N–H and O–H groups in total. The van der Waals surface area contributed by atoms with E-state index < -0.39 is 45.6 Å². The minimum atomic E-state index is -5.95. The van der Waals surface area contributed by atoms with E-state index in [-0.39, 0.29) is 0 Å². The quantitative estimate of drug-likeness (QED) is 0.121. The van der Waals surface area contributed by atoms with Gasteiger partial charge in [0.15, 0.2) is 7.14 Å². The second-order valence-electron chi connectivity index (χ2n) is 10.2. The Hall–Kier alpha value is -3.49. The molecule has 0 amide bonds. The molecule has 0 saturated heterocycles. The lowest BCUT2D eigenvalue weighted by Crippen LogP contribution is -2.34. The lowest BCUT2D eigenvalue weighted by atomic mass is 9.76. The van der Waals surface area contributed by atoms with Gasteiger partial charge in [0.2, 0.25) is 0 Å². The maximum absolute atomic E-state index is 15.4. The molecule has 0 aliphatic heterocycles. The first-order chi connectivity index (χ1) is 19.4. The molecule has 4 aromatic carbocycles. The van der Waals surface area contributed by atoms with E-state index in [0.717, 1.165) is 5.56 Å². The first-order valence-corrected chi connectivity index (χ1v) is 15.9. The van der Waals surface area contributed by atoms with Gasteiger partial charge in [0.25, 0.3) is 0 Å². The van der Waals surface area contributed by atoms with Crippen molar-refractivity contribution in [1.82, 2.24) is 0 Å². The summed E-state index contributed by atoms with van der Waals surface area (Å²) in [6, 6.07) is 20.0. The molecule has 1 spiro atoms. The van der Waals surface area contributed by atoms with Crippen LogP contribution < -0.4 is 20.1 Å². The van der Waals surface area contributed by atoms with Gasteiger partial charge in [-0.25, -0.2) is 8.78 Å². The van der Waals surface area contributed by atoms with Crippen LogP contribution in [0.5, 0.6) is 5.75 Å². The Balaban J connectivity index is 1.62. The third-order valence-corrected chi connectivity index (χ3v) is 12.1. The van der Waals surface area contributed by atoms with Crippen LogP contribution in [0.25, 0.3) is 0 Å². The predicted molar refractivity (Wildman–Crippen MR) is 145 cm³/mol. The average molecular weight is 605 g/mol. The summed E-state index contributed by atoms with van der Waals surface area (Å²) in [6.07, 6.45) is 1.77. The molecule has 212 valence electrons. The molecule has 2 aliphatic rings. The smallest absolute Gasteiger partial charge is 0.376 e. The Morgan fingerprint density at radius 2 is 1.20 bits per heavy atom. The maximum atomic E-state index is 15.4. The average Bonchev–Trinajstić information content (AvgIpc) is 3.50. The number of alkyl halides is 3. The topological polar surface area (TPSA) is 60.4 Å². The second kappa shape index (κ2) is 9.53. The molecular weight excluding hydrogens is 582 g/mol. The SMILES string of the molecule is O=P(c1ccc(F)cc1)(c1ccc(F)cc1)c1cccc2c1[C@]1(CCc3cccc(OS(=O)(=O)C(F)(F)F)c31)CC2. The molecule has 6 rings (SSSR count). The summed E-state index contributed by atoms with van der Waals surface area (Å²) >= 11 is 0. The number of hydrogen-bond acceptors (Lipinski definition) is 4. The van der Waals surface area contributed by atoms with E-state index in [1.807, 2.05) is 6.07 Å². The molecule has 0 aromatic heterocycles. The van der Waals surface area contributed by atoms with Gasteiger partial charge < -0.3 is 8.75 Å². The largest absolute Gasteiger partial charge is 0.534 e. The van der Waals surface area contributed by atoms with Crippen molar-refractivity contribution in [3.8, 4) is 5.75 Å². The highest BCUT2D eigenvalue weighted by Crippen LogP contribution is 2.58. The zero-order valence-electron chi connectivity index (χ0n) is 21.3. The van der Waals surface area contributed by atoms with Gasteiger partial charge in [-0.3, -0.25) is 0 Å². The predicted octanol–water partition coefficient (Wildman–Crippen LogP) is 6.01. The van der Waals surface area contributed by atoms with Gasteiger partial charge in [0.1, 0.15) is 17.4 Å². The Morgan fingerprint density at radius 1 is 0.707 bits per heavy atom. The minimum Gasteiger partial charge on any atom is -0.376 e. The molecule has 11 heteroatoms. The van der Waals surface area contributed by atoms with Crippen LogP contribution in [0.4, 0.5) is 22.0 Å². The second-order valence-corrected chi connectivity index (χ2v) is 14.5. The van der Waals surface area contributed by atoms with Crippen LogP contribution in [0.3, 0.4) is 0 Å². The number of halogens is 5. The number of benzene rings is 4. The Labute approximate surface area is 233 Å². The molecular formula is C30H22F5O4PS. The molecule has 1 atom stereocenters. The zero-order valence-corrected chi connectivity index (χ0v) is 23.0. The fourth-order valence-electron chi connectivity index (χ4n) is 6.35. The lowest BCUT2D eigenvalue weighted by molar-refractivity contribution is -0.0500. The zero-order chi connectivity index (χ0) is 29.2. The first-order valence-electron chi connectivity index (χ1n) is 12.8. The van der Waals surface area contributed by atoms with Crippen molar-refractivity contribution in [2.75, 3.05) is 0 Å². The summed E-state index contributed by atoms with van der Waals surface area (Å²) in [7, 11) is -9.76. The molecule has 0 unspecified atom stereocenters. The highest BCUT2D eigenvalue weighted by Gasteiger charge is 2.53. The van der Waals surface area contributed by atoms with Crippen molar-refractivity contribution in [3.63, 3.8) is 0 Å². The van der Waals surface area contributed by atoms with Gasteiger partial charge in [-0.1, -0.05) is 30.3 Å². The van der Waals surface area contributed by atoms with E-state index in [1.165, 1.54) is 60.7 Å². The summed E-state index contributed by atoms with van der Waals surface area (Å²) < 4.78 is 112. The number of aryl methyl sites for hydroxylation is 2. The molecule has 41 heavy (non-hydrogen) atoms. The summed E-state index contributed by atoms with van der Waals surface area (Å²) in [5.74, 6) is -1.49. The van der Waals surface area contributed by atoms with Crippen LogP contribution in [0.15, 0.2) is 84.9 Å². The fraction of sp³-hybridized carbons (Fsp3) is 0.200. The van der Waals surface area contributed by atoms with Gasteiger partial charge in [0, 0.05) is 26.9 Å². The number of fused-ring (bicyclic) bond motifs is 4. The van der Waals surface area contributed by atoms with Gasteiger partial charge in [-0.2, -0.15) is 21.6 Å². The number of rotatable bonds is 5. The van der Waals surface area contributed by atoms with Gasteiger partial charge >= 0.3 is 15.6 Å². The van der Waals surface area contributed by atoms with E-state index in [0.29, 0.717) is 58.3 Å². The molecule has 4 aromatic rings. The third kappa shape index (κ3) is 4.30. The fourth-order valence-corrected chi connectivity index (χ4v) is 9.78. The van der Waals surface area contributed by atoms with Crippen LogP contribution in [0.1, 0.15) is 35.1 Å². The summed E-state index contributed by atoms with van der Waals surface area (Å²) in [5.41, 5.74) is -4.22. The monoisotopic (exact) mass is 604 g/mol. The van der Waals surface area contributed by atoms with Crippen LogP contribution in [-0.4, -0.2) is 13.9 Å². The molecule has 0 bridgehead atoms. The van der Waals surface area contributed by atoms with Crippen molar-refractivity contribution in [2.45, 2.75) is 36.6 Å². The highest BCUT2D eigenvalue weighted by atomic mass is 32.2. The maximum Gasteiger partial charge on any atom is 0.534 e. The highest BCUT2D eigenvalue weighted by molar-refractivity contribution is 7.88. The van der Waals surface area contributed by atoms with Crippen molar-refractivity contribution < 1.29 is 39.1 Å². The van der Waals surface area contributed by atoms with Crippen LogP contribution in [0.2, 0.25) is 0 Å². The summed E-state index contributed by atoms with van der Waals surface area (Å²) in [4.78, 5) is 0.